The Morgan fingerprint density at radius 3 is 1.89 bits per heavy atom. The lowest BCUT2D eigenvalue weighted by Crippen LogP contribution is -2.67. The Bertz CT molecular complexity index is 1120. The van der Waals surface area contributed by atoms with Crippen molar-refractivity contribution < 1.29 is 27.9 Å². The van der Waals surface area contributed by atoms with Crippen LogP contribution in [0.15, 0.2) is 91.0 Å². The zero-order valence-electron chi connectivity index (χ0n) is 19.5. The quantitative estimate of drug-likeness (QED) is 0.275. The zero-order valence-corrected chi connectivity index (χ0v) is 19.5. The SMILES string of the molecule is O=C(C[N+]12CCC(CC1)CC2OC(=O)C(F)(c1ccccc1)c1ccccc1)Oc1ccccc1. The number of rotatable bonds is 7. The van der Waals surface area contributed by atoms with Crippen LogP contribution in [0.3, 0.4) is 0 Å². The highest BCUT2D eigenvalue weighted by Gasteiger charge is 2.54. The van der Waals surface area contributed by atoms with E-state index < -0.39 is 17.9 Å². The van der Waals surface area contributed by atoms with E-state index in [4.69, 9.17) is 9.47 Å². The van der Waals surface area contributed by atoms with Crippen LogP contribution >= 0.6 is 0 Å². The van der Waals surface area contributed by atoms with Crippen LogP contribution in [0.1, 0.15) is 30.4 Å². The van der Waals surface area contributed by atoms with Crippen molar-refractivity contribution in [3.05, 3.63) is 102 Å². The molecule has 180 valence electrons. The summed E-state index contributed by atoms with van der Waals surface area (Å²) in [5.74, 6) is -0.441. The van der Waals surface area contributed by atoms with Gasteiger partial charge in [0.15, 0.2) is 6.54 Å². The minimum atomic E-state index is -2.45. The lowest BCUT2D eigenvalue weighted by molar-refractivity contribution is -0.978. The van der Waals surface area contributed by atoms with Crippen molar-refractivity contribution >= 4 is 11.9 Å². The maximum atomic E-state index is 16.7. The van der Waals surface area contributed by atoms with Gasteiger partial charge in [0.05, 0.1) is 13.1 Å². The summed E-state index contributed by atoms with van der Waals surface area (Å²) in [4.78, 5) is 26.5. The van der Waals surface area contributed by atoms with Crippen molar-refractivity contribution in [2.24, 2.45) is 5.92 Å². The Balaban J connectivity index is 1.40. The van der Waals surface area contributed by atoms with Gasteiger partial charge in [-0.3, -0.25) is 4.48 Å². The predicted octanol–water partition coefficient (Wildman–Crippen LogP) is 5.01. The fraction of sp³-hybridized carbons (Fsp3) is 0.310. The van der Waals surface area contributed by atoms with Gasteiger partial charge in [0.25, 0.3) is 5.67 Å². The third-order valence-corrected chi connectivity index (χ3v) is 7.40. The molecular weight excluding hydrogens is 445 g/mol. The lowest BCUT2D eigenvalue weighted by Gasteiger charge is -2.52. The van der Waals surface area contributed by atoms with Crippen molar-refractivity contribution in [2.45, 2.75) is 31.2 Å². The first kappa shape index (κ1) is 23.2. The highest BCUT2D eigenvalue weighted by Crippen LogP contribution is 2.42. The molecule has 3 heterocycles. The van der Waals surface area contributed by atoms with E-state index in [-0.39, 0.29) is 28.1 Å². The fourth-order valence-electron chi connectivity index (χ4n) is 5.44. The van der Waals surface area contributed by atoms with Crippen molar-refractivity contribution in [1.29, 1.82) is 0 Å². The van der Waals surface area contributed by atoms with Crippen LogP contribution in [-0.4, -0.2) is 42.3 Å². The zero-order chi connectivity index (χ0) is 24.3. The summed E-state index contributed by atoms with van der Waals surface area (Å²) in [6.45, 7) is 1.47. The van der Waals surface area contributed by atoms with Crippen LogP contribution in [-0.2, 0) is 20.0 Å². The van der Waals surface area contributed by atoms with Crippen LogP contribution in [0.25, 0.3) is 0 Å². The highest BCUT2D eigenvalue weighted by atomic mass is 19.1. The number of quaternary nitrogens is 1. The van der Waals surface area contributed by atoms with Crippen LogP contribution in [0.5, 0.6) is 5.75 Å². The summed E-state index contributed by atoms with van der Waals surface area (Å²) >= 11 is 0. The molecule has 3 aliphatic rings. The molecule has 0 amide bonds. The van der Waals surface area contributed by atoms with Gasteiger partial charge < -0.3 is 9.47 Å². The molecule has 0 N–H and O–H groups in total. The van der Waals surface area contributed by atoms with E-state index in [1.165, 1.54) is 0 Å². The molecular formula is C29H29FNO4+. The number of fused-ring (bicyclic) bond motifs is 3. The molecule has 0 aliphatic carbocycles. The molecule has 0 aromatic heterocycles. The first-order chi connectivity index (χ1) is 17.0. The van der Waals surface area contributed by atoms with Crippen molar-refractivity contribution in [3.63, 3.8) is 0 Å². The summed E-state index contributed by atoms with van der Waals surface area (Å²) in [6, 6.07) is 25.7. The molecule has 3 aliphatic heterocycles. The van der Waals surface area contributed by atoms with E-state index in [1.54, 1.807) is 84.9 Å². The van der Waals surface area contributed by atoms with Crippen molar-refractivity contribution in [3.8, 4) is 5.75 Å². The number of para-hydroxylation sites is 1. The van der Waals surface area contributed by atoms with Gasteiger partial charge in [-0.15, -0.1) is 0 Å². The summed E-state index contributed by atoms with van der Waals surface area (Å²) in [5.41, 5.74) is -2.00. The molecule has 1 atom stereocenters. The largest absolute Gasteiger partial charge is 0.422 e. The van der Waals surface area contributed by atoms with Crippen LogP contribution in [0.2, 0.25) is 0 Å². The van der Waals surface area contributed by atoms with E-state index in [0.29, 0.717) is 31.2 Å². The van der Waals surface area contributed by atoms with Crippen LogP contribution in [0.4, 0.5) is 4.39 Å². The van der Waals surface area contributed by atoms with E-state index in [0.717, 1.165) is 12.8 Å². The Kier molecular flexibility index (Phi) is 6.39. The lowest BCUT2D eigenvalue weighted by atomic mass is 9.84. The number of hydrogen-bond donors (Lipinski definition) is 0. The van der Waals surface area contributed by atoms with E-state index >= 15 is 4.39 Å². The maximum Gasteiger partial charge on any atom is 0.367 e. The molecule has 3 fully saturated rings. The predicted molar refractivity (Wildman–Crippen MR) is 129 cm³/mol. The van der Waals surface area contributed by atoms with E-state index in [1.807, 2.05) is 6.07 Å². The maximum absolute atomic E-state index is 16.7. The first-order valence-electron chi connectivity index (χ1n) is 12.1. The third kappa shape index (κ3) is 4.58. The van der Waals surface area contributed by atoms with Gasteiger partial charge in [-0.25, -0.2) is 14.0 Å². The van der Waals surface area contributed by atoms with Crippen molar-refractivity contribution in [1.82, 2.24) is 0 Å². The number of benzene rings is 3. The van der Waals surface area contributed by atoms with Crippen LogP contribution in [0, 0.1) is 5.92 Å². The van der Waals surface area contributed by atoms with Gasteiger partial charge in [-0.2, -0.15) is 0 Å². The van der Waals surface area contributed by atoms with E-state index in [2.05, 4.69) is 0 Å². The fourth-order valence-corrected chi connectivity index (χ4v) is 5.44. The van der Waals surface area contributed by atoms with Gasteiger partial charge in [0.1, 0.15) is 5.75 Å². The van der Waals surface area contributed by atoms with Crippen molar-refractivity contribution in [2.75, 3.05) is 19.6 Å². The molecule has 3 aromatic carbocycles. The topological polar surface area (TPSA) is 52.6 Å². The Hall–Kier alpha value is -3.51. The summed E-state index contributed by atoms with van der Waals surface area (Å²) < 4.78 is 28.6. The molecule has 3 saturated heterocycles. The summed E-state index contributed by atoms with van der Waals surface area (Å²) in [6.07, 6.45) is 1.92. The number of carbonyl (C=O) groups is 2. The molecule has 6 rings (SSSR count). The number of carbonyl (C=O) groups excluding carboxylic acids is 2. The first-order valence-corrected chi connectivity index (χ1v) is 12.1. The monoisotopic (exact) mass is 474 g/mol. The molecule has 1 unspecified atom stereocenters. The smallest absolute Gasteiger partial charge is 0.367 e. The number of alkyl halides is 1. The number of hydrogen-bond acceptors (Lipinski definition) is 4. The standard InChI is InChI=1S/C29H29FNO4/c30-29(23-10-4-1-5-11-23,24-12-6-2-7-13-24)28(33)35-26-20-22-16-18-31(26,19-17-22)21-27(32)34-25-14-8-3-9-15-25/h1-15,22,26H,16-21H2/q+1. The molecule has 2 bridgehead atoms. The molecule has 0 radical (unpaired) electrons. The summed E-state index contributed by atoms with van der Waals surface area (Å²) in [5, 5.41) is 0. The second-order valence-corrected chi connectivity index (χ2v) is 9.54. The minimum Gasteiger partial charge on any atom is -0.422 e. The molecule has 35 heavy (non-hydrogen) atoms. The van der Waals surface area contributed by atoms with Gasteiger partial charge in [0.2, 0.25) is 6.23 Å². The normalized spacial score (nSPS) is 23.5. The van der Waals surface area contributed by atoms with Gasteiger partial charge >= 0.3 is 11.9 Å². The van der Waals surface area contributed by atoms with E-state index in [9.17, 15) is 9.59 Å². The Morgan fingerprint density at radius 1 is 0.829 bits per heavy atom. The third-order valence-electron chi connectivity index (χ3n) is 7.40. The van der Waals surface area contributed by atoms with Gasteiger partial charge in [-0.1, -0.05) is 78.9 Å². The Labute approximate surface area is 204 Å². The average Bonchev–Trinajstić information content (AvgIpc) is 2.90. The average molecular weight is 475 g/mol. The molecule has 5 nitrogen and oxygen atoms in total. The molecule has 3 aromatic rings. The number of piperidine rings is 3. The highest BCUT2D eigenvalue weighted by molar-refractivity contribution is 5.85. The number of nitrogens with zero attached hydrogens (tertiary/aromatic N) is 1. The minimum absolute atomic E-state index is 0.0789. The van der Waals surface area contributed by atoms with Crippen LogP contribution < -0.4 is 4.74 Å². The second kappa shape index (κ2) is 9.62. The molecule has 0 spiro atoms. The Morgan fingerprint density at radius 2 is 1.34 bits per heavy atom. The molecule has 6 heteroatoms. The summed E-state index contributed by atoms with van der Waals surface area (Å²) in [7, 11) is 0. The molecule has 0 saturated carbocycles. The van der Waals surface area contributed by atoms with Gasteiger partial charge in [-0.05, 0) is 18.1 Å². The number of ether oxygens (including phenoxy) is 2. The number of esters is 2. The number of halogens is 1. The van der Waals surface area contributed by atoms with Gasteiger partial charge in [0, 0.05) is 30.4 Å². The second-order valence-electron chi connectivity index (χ2n) is 9.54.